The summed E-state index contributed by atoms with van der Waals surface area (Å²) in [7, 11) is 3.69. The minimum Gasteiger partial charge on any atom is -0.383 e. The number of rotatable bonds is 7. The summed E-state index contributed by atoms with van der Waals surface area (Å²) in [5, 5.41) is 3.64. The molecule has 2 saturated heterocycles. The second-order valence-electron chi connectivity index (χ2n) is 7.54. The van der Waals surface area contributed by atoms with Gasteiger partial charge < -0.3 is 15.0 Å². The molecule has 0 saturated carbocycles. The van der Waals surface area contributed by atoms with Crippen molar-refractivity contribution in [3.8, 4) is 0 Å². The summed E-state index contributed by atoms with van der Waals surface area (Å²) >= 11 is 0. The minimum atomic E-state index is 0.601. The Balaban J connectivity index is 1.46. The van der Waals surface area contributed by atoms with Crippen LogP contribution in [0.3, 0.4) is 0 Å². The third-order valence-corrected chi connectivity index (χ3v) is 5.74. The molecule has 5 nitrogen and oxygen atoms in total. The van der Waals surface area contributed by atoms with Crippen molar-refractivity contribution < 1.29 is 4.74 Å². The first-order valence-corrected chi connectivity index (χ1v) is 10.0. The van der Waals surface area contributed by atoms with Gasteiger partial charge >= 0.3 is 0 Å². The van der Waals surface area contributed by atoms with E-state index in [1.165, 1.54) is 37.8 Å². The van der Waals surface area contributed by atoms with Crippen molar-refractivity contribution in [2.75, 3.05) is 53.5 Å². The van der Waals surface area contributed by atoms with Crippen LogP contribution >= 0.6 is 0 Å². The molecule has 2 atom stereocenters. The summed E-state index contributed by atoms with van der Waals surface area (Å²) in [6.07, 6.45) is 4.97. The number of ether oxygens (including phenoxy) is 1. The predicted octanol–water partition coefficient (Wildman–Crippen LogP) is 2.24. The molecule has 2 unspecified atom stereocenters. The Kier molecular flexibility index (Phi) is 7.32. The highest BCUT2D eigenvalue weighted by atomic mass is 16.5. The maximum atomic E-state index is 5.25. The molecule has 2 aliphatic rings. The lowest BCUT2D eigenvalue weighted by Gasteiger charge is -2.27. The Morgan fingerprint density at radius 2 is 2.08 bits per heavy atom. The van der Waals surface area contributed by atoms with E-state index >= 15 is 0 Å². The van der Waals surface area contributed by atoms with E-state index in [2.05, 4.69) is 50.4 Å². The topological polar surface area (TPSA) is 40.1 Å². The molecule has 144 valence electrons. The second kappa shape index (κ2) is 9.93. The third-order valence-electron chi connectivity index (χ3n) is 5.74. The Labute approximate surface area is 158 Å². The van der Waals surface area contributed by atoms with Crippen molar-refractivity contribution in [3.63, 3.8) is 0 Å². The van der Waals surface area contributed by atoms with Crippen LogP contribution in [0.2, 0.25) is 0 Å². The summed E-state index contributed by atoms with van der Waals surface area (Å²) in [6.45, 7) is 6.23. The van der Waals surface area contributed by atoms with Gasteiger partial charge in [0.2, 0.25) is 0 Å². The van der Waals surface area contributed by atoms with E-state index < -0.39 is 0 Å². The average Bonchev–Trinajstić information content (AvgIpc) is 3.31. The Morgan fingerprint density at radius 1 is 1.23 bits per heavy atom. The number of hydrogen-bond donors (Lipinski definition) is 1. The molecule has 1 aromatic rings. The third kappa shape index (κ3) is 5.21. The van der Waals surface area contributed by atoms with Crippen LogP contribution in [0.15, 0.2) is 35.3 Å². The summed E-state index contributed by atoms with van der Waals surface area (Å²) in [5.74, 6) is 1.79. The zero-order valence-electron chi connectivity index (χ0n) is 16.4. The summed E-state index contributed by atoms with van der Waals surface area (Å²) < 4.78 is 5.25. The number of hydrogen-bond acceptors (Lipinski definition) is 3. The lowest BCUT2D eigenvalue weighted by atomic mass is 9.99. The van der Waals surface area contributed by atoms with E-state index in [0.29, 0.717) is 6.04 Å². The van der Waals surface area contributed by atoms with E-state index in [0.717, 1.165) is 44.7 Å². The molecule has 26 heavy (non-hydrogen) atoms. The summed E-state index contributed by atoms with van der Waals surface area (Å²) in [6, 6.07) is 11.5. The molecule has 0 spiro atoms. The number of guanidine groups is 1. The second-order valence-corrected chi connectivity index (χ2v) is 7.54. The molecule has 0 radical (unpaired) electrons. The average molecular weight is 359 g/mol. The van der Waals surface area contributed by atoms with E-state index in [1.54, 1.807) is 7.11 Å². The molecule has 0 bridgehead atoms. The van der Waals surface area contributed by atoms with Gasteiger partial charge in [-0.15, -0.1) is 0 Å². The quantitative estimate of drug-likeness (QED) is 0.599. The van der Waals surface area contributed by atoms with Crippen LogP contribution in [0.5, 0.6) is 0 Å². The number of aliphatic imine (C=N–C) groups is 1. The number of likely N-dealkylation sites (tertiary alicyclic amines) is 2. The largest absolute Gasteiger partial charge is 0.383 e. The fraction of sp³-hybridized carbons (Fsp3) is 0.667. The van der Waals surface area contributed by atoms with Gasteiger partial charge in [0.25, 0.3) is 0 Å². The van der Waals surface area contributed by atoms with Crippen molar-refractivity contribution in [1.29, 1.82) is 0 Å². The zero-order valence-corrected chi connectivity index (χ0v) is 16.4. The molecule has 0 aromatic heterocycles. The van der Waals surface area contributed by atoms with Gasteiger partial charge in [0.05, 0.1) is 6.61 Å². The van der Waals surface area contributed by atoms with Gasteiger partial charge in [0.1, 0.15) is 0 Å². The van der Waals surface area contributed by atoms with Gasteiger partial charge in [-0.1, -0.05) is 30.3 Å². The standard InChI is InChI=1S/C21H34N4O/c1-22-21(23-16-20-9-6-11-24(20)13-14-26-2)25-12-10-19(17-25)15-18-7-4-3-5-8-18/h3-5,7-8,19-20H,6,9-17H2,1-2H3,(H,22,23). The molecule has 2 fully saturated rings. The predicted molar refractivity (Wildman–Crippen MR) is 108 cm³/mol. The van der Waals surface area contributed by atoms with Crippen molar-refractivity contribution in [1.82, 2.24) is 15.1 Å². The first kappa shape index (κ1) is 19.2. The van der Waals surface area contributed by atoms with Crippen LogP contribution in [0.25, 0.3) is 0 Å². The molecule has 2 heterocycles. The van der Waals surface area contributed by atoms with Gasteiger partial charge in [0.15, 0.2) is 5.96 Å². The molecule has 5 heteroatoms. The SMILES string of the molecule is CN=C(NCC1CCCN1CCOC)N1CCC(Cc2ccccc2)C1. The first-order valence-electron chi connectivity index (χ1n) is 10.0. The monoisotopic (exact) mass is 358 g/mol. The molecule has 2 aliphatic heterocycles. The zero-order chi connectivity index (χ0) is 18.2. The maximum Gasteiger partial charge on any atom is 0.193 e. The Bertz CT molecular complexity index is 562. The number of nitrogens with one attached hydrogen (secondary N) is 1. The summed E-state index contributed by atoms with van der Waals surface area (Å²) in [5.41, 5.74) is 1.45. The molecule has 0 aliphatic carbocycles. The smallest absolute Gasteiger partial charge is 0.193 e. The molecule has 3 rings (SSSR count). The van der Waals surface area contributed by atoms with Crippen molar-refractivity contribution in [3.05, 3.63) is 35.9 Å². The fourth-order valence-corrected chi connectivity index (χ4v) is 4.31. The molecular formula is C21H34N4O. The number of methoxy groups -OCH3 is 1. The van der Waals surface area contributed by atoms with E-state index in [4.69, 9.17) is 4.74 Å². The lowest BCUT2D eigenvalue weighted by molar-refractivity contribution is 0.141. The highest BCUT2D eigenvalue weighted by molar-refractivity contribution is 5.80. The lowest BCUT2D eigenvalue weighted by Crippen LogP contribution is -2.46. The van der Waals surface area contributed by atoms with Crippen LogP contribution in [0.4, 0.5) is 0 Å². The van der Waals surface area contributed by atoms with Crippen LogP contribution in [-0.4, -0.2) is 75.3 Å². The number of benzene rings is 1. The van der Waals surface area contributed by atoms with Crippen LogP contribution in [-0.2, 0) is 11.2 Å². The van der Waals surface area contributed by atoms with Crippen LogP contribution < -0.4 is 5.32 Å². The molecule has 1 N–H and O–H groups in total. The highest BCUT2D eigenvalue weighted by Gasteiger charge is 2.27. The molecular weight excluding hydrogens is 324 g/mol. The van der Waals surface area contributed by atoms with E-state index in [9.17, 15) is 0 Å². The van der Waals surface area contributed by atoms with Gasteiger partial charge in [-0.3, -0.25) is 9.89 Å². The highest BCUT2D eigenvalue weighted by Crippen LogP contribution is 2.21. The van der Waals surface area contributed by atoms with E-state index in [1.807, 2.05) is 7.05 Å². The van der Waals surface area contributed by atoms with Gasteiger partial charge in [-0.2, -0.15) is 0 Å². The summed E-state index contributed by atoms with van der Waals surface area (Å²) in [4.78, 5) is 9.53. The first-order chi connectivity index (χ1) is 12.8. The molecule has 0 amide bonds. The van der Waals surface area contributed by atoms with Gasteiger partial charge in [-0.25, -0.2) is 0 Å². The van der Waals surface area contributed by atoms with Crippen LogP contribution in [0, 0.1) is 5.92 Å². The number of nitrogens with zero attached hydrogens (tertiary/aromatic N) is 3. The molecule has 1 aromatic carbocycles. The van der Waals surface area contributed by atoms with Crippen LogP contribution in [0.1, 0.15) is 24.8 Å². The normalized spacial score (nSPS) is 24.4. The maximum absolute atomic E-state index is 5.25. The van der Waals surface area contributed by atoms with Gasteiger partial charge in [-0.05, 0) is 43.7 Å². The Hall–Kier alpha value is -1.59. The minimum absolute atomic E-state index is 0.601. The van der Waals surface area contributed by atoms with Gasteiger partial charge in [0, 0.05) is 46.4 Å². The van der Waals surface area contributed by atoms with Crippen molar-refractivity contribution in [2.24, 2.45) is 10.9 Å². The fourth-order valence-electron chi connectivity index (χ4n) is 4.31. The van der Waals surface area contributed by atoms with E-state index in [-0.39, 0.29) is 0 Å². The van der Waals surface area contributed by atoms with Crippen molar-refractivity contribution >= 4 is 5.96 Å². The Morgan fingerprint density at radius 3 is 2.85 bits per heavy atom. The van der Waals surface area contributed by atoms with Crippen molar-refractivity contribution in [2.45, 2.75) is 31.7 Å².